The average molecular weight is 363 g/mol. The number of nitrogens with one attached hydrogen (secondary N) is 2. The Bertz CT molecular complexity index is 1390. The van der Waals surface area contributed by atoms with Crippen LogP contribution in [-0.2, 0) is 0 Å². The van der Waals surface area contributed by atoms with Crippen LogP contribution in [0, 0.1) is 10.8 Å². The average Bonchev–Trinajstić information content (AvgIpc) is 3.35. The van der Waals surface area contributed by atoms with Gasteiger partial charge < -0.3 is 19.8 Å². The lowest BCUT2D eigenvalue weighted by atomic mass is 10.1. The lowest BCUT2D eigenvalue weighted by molar-refractivity contribution is 0.618. The molecule has 3 aromatic carbocycles. The van der Waals surface area contributed by atoms with Crippen molar-refractivity contribution in [2.24, 2.45) is 0 Å². The van der Waals surface area contributed by atoms with Crippen LogP contribution < -0.4 is 0 Å². The third-order valence-corrected chi connectivity index (χ3v) is 5.04. The molecule has 0 aliphatic rings. The van der Waals surface area contributed by atoms with E-state index in [2.05, 4.69) is 18.2 Å². The minimum Gasteiger partial charge on any atom is -0.462 e. The van der Waals surface area contributed by atoms with Gasteiger partial charge in [-0.05, 0) is 23.8 Å². The van der Waals surface area contributed by atoms with E-state index in [-0.39, 0.29) is 0 Å². The molecule has 0 spiro atoms. The van der Waals surface area contributed by atoms with Crippen molar-refractivity contribution in [2.75, 3.05) is 0 Å². The monoisotopic (exact) mass is 363 g/mol. The number of benzene rings is 3. The molecule has 0 unspecified atom stereocenters. The zero-order valence-corrected chi connectivity index (χ0v) is 15.0. The molecule has 0 radical (unpaired) electrons. The summed E-state index contributed by atoms with van der Waals surface area (Å²) in [5.74, 6) is 0. The third kappa shape index (κ3) is 2.39. The van der Waals surface area contributed by atoms with Crippen LogP contribution in [0.3, 0.4) is 0 Å². The fourth-order valence-corrected chi connectivity index (χ4v) is 3.76. The lowest BCUT2D eigenvalue weighted by Gasteiger charge is -2.09. The molecule has 0 saturated heterocycles. The molecule has 0 bridgehead atoms. The van der Waals surface area contributed by atoms with Gasteiger partial charge in [-0.3, -0.25) is 0 Å². The topological polar surface area (TPSA) is 65.8 Å². The Morgan fingerprint density at radius 3 is 2.46 bits per heavy atom. The maximum Gasteiger partial charge on any atom is 0.158 e. The van der Waals surface area contributed by atoms with E-state index in [1.165, 1.54) is 6.21 Å². The van der Waals surface area contributed by atoms with E-state index in [4.69, 9.17) is 15.2 Å². The van der Waals surface area contributed by atoms with Crippen molar-refractivity contribution in [3.05, 3.63) is 90.7 Å². The van der Waals surface area contributed by atoms with E-state index in [1.54, 1.807) is 12.3 Å². The molecule has 0 amide bonds. The Hall–Kier alpha value is -3.92. The van der Waals surface area contributed by atoms with Gasteiger partial charge in [-0.15, -0.1) is 0 Å². The molecular weight excluding hydrogens is 346 g/mol. The Labute approximate surface area is 161 Å². The molecule has 5 aromatic rings. The maximum atomic E-state index is 8.50. The highest BCUT2D eigenvalue weighted by Crippen LogP contribution is 2.36. The summed E-state index contributed by atoms with van der Waals surface area (Å²) in [4.78, 5) is 0. The van der Waals surface area contributed by atoms with Gasteiger partial charge in [0.1, 0.15) is 0 Å². The third-order valence-electron chi connectivity index (χ3n) is 5.04. The minimum absolute atomic E-state index is 0.358. The molecule has 0 saturated carbocycles. The van der Waals surface area contributed by atoms with Gasteiger partial charge in [0.15, 0.2) is 5.58 Å². The van der Waals surface area contributed by atoms with Gasteiger partial charge >= 0.3 is 0 Å². The molecule has 134 valence electrons. The zero-order valence-electron chi connectivity index (χ0n) is 15.0. The second kappa shape index (κ2) is 6.35. The van der Waals surface area contributed by atoms with Gasteiger partial charge in [-0.25, -0.2) is 0 Å². The van der Waals surface area contributed by atoms with Crippen LogP contribution in [0.15, 0.2) is 89.6 Å². The Kier molecular flexibility index (Phi) is 3.69. The van der Waals surface area contributed by atoms with Gasteiger partial charge in [0, 0.05) is 22.4 Å². The zero-order chi connectivity index (χ0) is 19.1. The Morgan fingerprint density at radius 2 is 1.64 bits per heavy atom. The molecule has 4 nitrogen and oxygen atoms in total. The quantitative estimate of drug-likeness (QED) is 0.372. The van der Waals surface area contributed by atoms with Crippen LogP contribution >= 0.6 is 0 Å². The fraction of sp³-hybridized carbons (Fsp3) is 0. The van der Waals surface area contributed by atoms with Crippen LogP contribution in [0.5, 0.6) is 0 Å². The van der Waals surface area contributed by atoms with Gasteiger partial charge in [0.2, 0.25) is 0 Å². The van der Waals surface area contributed by atoms with Gasteiger partial charge in [-0.2, -0.15) is 0 Å². The Morgan fingerprint density at radius 1 is 0.857 bits per heavy atom. The Balaban J connectivity index is 1.85. The van der Waals surface area contributed by atoms with Crippen LogP contribution in [-0.4, -0.2) is 16.5 Å². The second-order valence-corrected chi connectivity index (χ2v) is 6.65. The first-order valence-corrected chi connectivity index (χ1v) is 9.04. The molecule has 28 heavy (non-hydrogen) atoms. The summed E-state index contributed by atoms with van der Waals surface area (Å²) in [7, 11) is 0. The van der Waals surface area contributed by atoms with Crippen LogP contribution in [0.1, 0.15) is 5.56 Å². The van der Waals surface area contributed by atoms with Gasteiger partial charge in [0.25, 0.3) is 0 Å². The van der Waals surface area contributed by atoms with Crippen molar-refractivity contribution in [3.8, 4) is 0 Å². The first kappa shape index (κ1) is 16.3. The molecule has 2 heterocycles. The van der Waals surface area contributed by atoms with E-state index in [0.717, 1.165) is 38.3 Å². The SMILES string of the molecule is N=CC(=CC(=N)c1ccccc1)n1c2ccccc2c2ccc3ccoc3c21. The normalized spacial score (nSPS) is 12.1. The van der Waals surface area contributed by atoms with E-state index < -0.39 is 0 Å². The van der Waals surface area contributed by atoms with Crippen molar-refractivity contribution < 1.29 is 4.42 Å². The molecule has 0 atom stereocenters. The summed E-state index contributed by atoms with van der Waals surface area (Å²) in [5, 5.41) is 19.7. The number of hydrogen-bond donors (Lipinski definition) is 2. The van der Waals surface area contributed by atoms with Crippen LogP contribution in [0.25, 0.3) is 38.5 Å². The summed E-state index contributed by atoms with van der Waals surface area (Å²) in [6.07, 6.45) is 4.72. The number of allylic oxidation sites excluding steroid dienone is 2. The van der Waals surface area contributed by atoms with Crippen molar-refractivity contribution in [2.45, 2.75) is 0 Å². The molecular formula is C24H17N3O. The van der Waals surface area contributed by atoms with Crippen molar-refractivity contribution in [3.63, 3.8) is 0 Å². The number of fused-ring (bicyclic) bond motifs is 5. The van der Waals surface area contributed by atoms with E-state index >= 15 is 0 Å². The van der Waals surface area contributed by atoms with Crippen LogP contribution in [0.2, 0.25) is 0 Å². The largest absolute Gasteiger partial charge is 0.462 e. The predicted molar refractivity (Wildman–Crippen MR) is 116 cm³/mol. The van der Waals surface area contributed by atoms with E-state index in [1.807, 2.05) is 59.2 Å². The molecule has 4 heteroatoms. The summed E-state index contributed by atoms with van der Waals surface area (Å²) >= 11 is 0. The van der Waals surface area contributed by atoms with Crippen molar-refractivity contribution in [1.82, 2.24) is 4.57 Å². The summed E-state index contributed by atoms with van der Waals surface area (Å²) in [6, 6.07) is 23.8. The van der Waals surface area contributed by atoms with Crippen LogP contribution in [0.4, 0.5) is 0 Å². The van der Waals surface area contributed by atoms with Crippen molar-refractivity contribution in [1.29, 1.82) is 10.8 Å². The predicted octanol–water partition coefficient (Wildman–Crippen LogP) is 6.10. The highest BCUT2D eigenvalue weighted by atomic mass is 16.3. The standard InChI is InChI=1S/C24H17N3O/c25-15-18(14-21(26)16-6-2-1-3-7-16)27-22-9-5-4-8-19(22)20-11-10-17-12-13-28-24(17)23(20)27/h1-15,25-26H. The first-order valence-electron chi connectivity index (χ1n) is 9.04. The van der Waals surface area contributed by atoms with E-state index in [0.29, 0.717) is 11.4 Å². The molecule has 0 aliphatic heterocycles. The number of rotatable bonds is 4. The number of furan rings is 1. The number of aromatic nitrogens is 1. The summed E-state index contributed by atoms with van der Waals surface area (Å²) in [6.45, 7) is 0. The van der Waals surface area contributed by atoms with Crippen molar-refractivity contribution >= 4 is 50.4 Å². The lowest BCUT2D eigenvalue weighted by Crippen LogP contribution is -2.03. The van der Waals surface area contributed by atoms with Gasteiger partial charge in [-0.1, -0.05) is 60.7 Å². The highest BCUT2D eigenvalue weighted by molar-refractivity contribution is 6.23. The number of nitrogens with zero attached hydrogens (tertiary/aromatic N) is 1. The highest BCUT2D eigenvalue weighted by Gasteiger charge is 2.17. The van der Waals surface area contributed by atoms with Gasteiger partial charge in [0.05, 0.1) is 28.7 Å². The second-order valence-electron chi connectivity index (χ2n) is 6.65. The fourth-order valence-electron chi connectivity index (χ4n) is 3.76. The minimum atomic E-state index is 0.358. The number of hydrogen-bond acceptors (Lipinski definition) is 3. The smallest absolute Gasteiger partial charge is 0.158 e. The molecule has 2 aromatic heterocycles. The maximum absolute atomic E-state index is 8.50. The first-order chi connectivity index (χ1) is 13.8. The molecule has 0 aliphatic carbocycles. The summed E-state index contributed by atoms with van der Waals surface area (Å²) in [5.41, 5.74) is 4.47. The molecule has 5 rings (SSSR count). The van der Waals surface area contributed by atoms with E-state index in [9.17, 15) is 0 Å². The number of para-hydroxylation sites is 1. The summed E-state index contributed by atoms with van der Waals surface area (Å²) < 4.78 is 7.82. The molecule has 2 N–H and O–H groups in total. The molecule has 0 fully saturated rings.